The summed E-state index contributed by atoms with van der Waals surface area (Å²) in [6.45, 7) is 5.65. The molecule has 0 radical (unpaired) electrons. The van der Waals surface area contributed by atoms with Gasteiger partial charge < -0.3 is 20.4 Å². The number of carbonyl (C=O) groups is 1. The molecule has 2 N–H and O–H groups in total. The molecule has 0 bridgehead atoms. The first kappa shape index (κ1) is 12.6. The molecular weight excluding hydrogens is 216 g/mol. The van der Waals surface area contributed by atoms with E-state index in [0.717, 1.165) is 19.6 Å². The molecule has 17 heavy (non-hydrogen) atoms. The van der Waals surface area contributed by atoms with Gasteiger partial charge in [0.25, 0.3) is 0 Å². The lowest BCUT2D eigenvalue weighted by atomic mass is 9.98. The third-order valence-electron chi connectivity index (χ3n) is 4.27. The van der Waals surface area contributed by atoms with E-state index in [1.54, 1.807) is 0 Å². The lowest BCUT2D eigenvalue weighted by Crippen LogP contribution is -2.40. The minimum atomic E-state index is 0.141. The predicted octanol–water partition coefficient (Wildman–Crippen LogP) is 0.0213. The van der Waals surface area contributed by atoms with Crippen LogP contribution >= 0.6 is 0 Å². The number of likely N-dealkylation sites (tertiary alicyclic amines) is 1. The van der Waals surface area contributed by atoms with Gasteiger partial charge in [0.15, 0.2) is 0 Å². The van der Waals surface area contributed by atoms with Crippen LogP contribution in [0.3, 0.4) is 0 Å². The van der Waals surface area contributed by atoms with Crippen LogP contribution in [-0.4, -0.2) is 73.1 Å². The van der Waals surface area contributed by atoms with Crippen LogP contribution in [0.4, 0.5) is 4.79 Å². The second-order valence-corrected chi connectivity index (χ2v) is 5.51. The smallest absolute Gasteiger partial charge is 0.320 e. The lowest BCUT2D eigenvalue weighted by Gasteiger charge is -2.24. The highest BCUT2D eigenvalue weighted by atomic mass is 16.2. The zero-order valence-corrected chi connectivity index (χ0v) is 11.1. The fraction of sp³-hybridized carbons (Fsp3) is 0.917. The van der Waals surface area contributed by atoms with E-state index in [0.29, 0.717) is 18.5 Å². The zero-order chi connectivity index (χ0) is 12.6. The maximum Gasteiger partial charge on any atom is 0.320 e. The SMILES string of the molecule is CC(CN)N1CC(C2CCN(C)C2)N(C)C1=O. The van der Waals surface area contributed by atoms with Crippen molar-refractivity contribution < 1.29 is 4.79 Å². The molecule has 5 nitrogen and oxygen atoms in total. The summed E-state index contributed by atoms with van der Waals surface area (Å²) in [7, 11) is 4.08. The van der Waals surface area contributed by atoms with E-state index in [4.69, 9.17) is 5.73 Å². The predicted molar refractivity (Wildman–Crippen MR) is 67.8 cm³/mol. The molecule has 2 amide bonds. The number of nitrogens with zero attached hydrogens (tertiary/aromatic N) is 3. The molecule has 2 heterocycles. The van der Waals surface area contributed by atoms with E-state index < -0.39 is 0 Å². The standard InChI is InChI=1S/C12H24N4O/c1-9(6-13)16-8-11(15(3)12(16)17)10-4-5-14(2)7-10/h9-11H,4-8,13H2,1-3H3. The first-order valence-electron chi connectivity index (χ1n) is 6.46. The summed E-state index contributed by atoms with van der Waals surface area (Å²) in [5.41, 5.74) is 5.66. The number of carbonyl (C=O) groups excluding carboxylic acids is 1. The van der Waals surface area contributed by atoms with Crippen molar-refractivity contribution in [3.05, 3.63) is 0 Å². The number of hydrogen-bond acceptors (Lipinski definition) is 3. The zero-order valence-electron chi connectivity index (χ0n) is 11.1. The van der Waals surface area contributed by atoms with Crippen molar-refractivity contribution in [1.82, 2.24) is 14.7 Å². The Morgan fingerprint density at radius 1 is 1.41 bits per heavy atom. The summed E-state index contributed by atoms with van der Waals surface area (Å²) < 4.78 is 0. The topological polar surface area (TPSA) is 52.8 Å². The van der Waals surface area contributed by atoms with Crippen molar-refractivity contribution in [2.45, 2.75) is 25.4 Å². The molecule has 0 aliphatic carbocycles. The largest absolute Gasteiger partial charge is 0.328 e. The Kier molecular flexibility index (Phi) is 3.58. The number of hydrogen-bond donors (Lipinski definition) is 1. The quantitative estimate of drug-likeness (QED) is 0.757. The molecule has 0 aromatic heterocycles. The average molecular weight is 240 g/mol. The normalized spacial score (nSPS) is 32.6. The number of amides is 2. The van der Waals surface area contributed by atoms with Crippen LogP contribution in [0.15, 0.2) is 0 Å². The summed E-state index contributed by atoms with van der Waals surface area (Å²) >= 11 is 0. The van der Waals surface area contributed by atoms with Crippen molar-refractivity contribution in [3.8, 4) is 0 Å². The maximum absolute atomic E-state index is 12.1. The average Bonchev–Trinajstić information content (AvgIpc) is 2.85. The van der Waals surface area contributed by atoms with Crippen LogP contribution in [-0.2, 0) is 0 Å². The molecule has 0 aromatic carbocycles. The van der Waals surface area contributed by atoms with Gasteiger partial charge in [0.05, 0.1) is 6.04 Å². The molecule has 3 unspecified atom stereocenters. The monoisotopic (exact) mass is 240 g/mol. The van der Waals surface area contributed by atoms with Crippen LogP contribution < -0.4 is 5.73 Å². The number of nitrogens with two attached hydrogens (primary N) is 1. The number of urea groups is 1. The molecule has 0 saturated carbocycles. The Hall–Kier alpha value is -0.810. The van der Waals surface area contributed by atoms with Crippen molar-refractivity contribution >= 4 is 6.03 Å². The van der Waals surface area contributed by atoms with Gasteiger partial charge in [-0.05, 0) is 32.9 Å². The van der Waals surface area contributed by atoms with E-state index in [9.17, 15) is 4.79 Å². The molecule has 2 fully saturated rings. The van der Waals surface area contributed by atoms with Crippen LogP contribution in [0.1, 0.15) is 13.3 Å². The Balaban J connectivity index is 2.03. The highest BCUT2D eigenvalue weighted by molar-refractivity contribution is 5.77. The maximum atomic E-state index is 12.1. The Bertz CT molecular complexity index is 296. The van der Waals surface area contributed by atoms with Gasteiger partial charge in [0.2, 0.25) is 0 Å². The first-order valence-corrected chi connectivity index (χ1v) is 6.46. The second kappa shape index (κ2) is 4.82. The molecule has 0 spiro atoms. The summed E-state index contributed by atoms with van der Waals surface area (Å²) in [6, 6.07) is 0.651. The van der Waals surface area contributed by atoms with E-state index >= 15 is 0 Å². The molecule has 3 atom stereocenters. The second-order valence-electron chi connectivity index (χ2n) is 5.51. The first-order chi connectivity index (χ1) is 8.04. The van der Waals surface area contributed by atoms with Crippen molar-refractivity contribution in [3.63, 3.8) is 0 Å². The minimum Gasteiger partial charge on any atom is -0.328 e. The molecule has 2 rings (SSSR count). The summed E-state index contributed by atoms with van der Waals surface area (Å²) in [5, 5.41) is 0. The van der Waals surface area contributed by atoms with Crippen LogP contribution in [0.25, 0.3) is 0 Å². The van der Waals surface area contributed by atoms with E-state index in [-0.39, 0.29) is 12.1 Å². The molecular formula is C12H24N4O. The van der Waals surface area contributed by atoms with E-state index in [1.165, 1.54) is 6.42 Å². The van der Waals surface area contributed by atoms with Crippen molar-refractivity contribution in [1.29, 1.82) is 0 Å². The number of likely N-dealkylation sites (N-methyl/N-ethyl adjacent to an activating group) is 1. The van der Waals surface area contributed by atoms with Gasteiger partial charge in [0.1, 0.15) is 0 Å². The fourth-order valence-electron chi connectivity index (χ4n) is 2.99. The van der Waals surface area contributed by atoms with Gasteiger partial charge in [-0.15, -0.1) is 0 Å². The summed E-state index contributed by atoms with van der Waals surface area (Å²) in [5.74, 6) is 0.615. The van der Waals surface area contributed by atoms with Gasteiger partial charge in [0, 0.05) is 32.7 Å². The molecule has 98 valence electrons. The van der Waals surface area contributed by atoms with Crippen molar-refractivity contribution in [2.24, 2.45) is 11.7 Å². The fourth-order valence-corrected chi connectivity index (χ4v) is 2.99. The van der Waals surface area contributed by atoms with Crippen LogP contribution in [0.2, 0.25) is 0 Å². The van der Waals surface area contributed by atoms with E-state index in [1.807, 2.05) is 23.8 Å². The van der Waals surface area contributed by atoms with Crippen molar-refractivity contribution in [2.75, 3.05) is 40.3 Å². The molecule has 5 heteroatoms. The Labute approximate surface area is 104 Å². The third-order valence-corrected chi connectivity index (χ3v) is 4.27. The number of rotatable bonds is 3. The van der Waals surface area contributed by atoms with Gasteiger partial charge >= 0.3 is 6.03 Å². The summed E-state index contributed by atoms with van der Waals surface area (Å²) in [6.07, 6.45) is 1.20. The summed E-state index contributed by atoms with van der Waals surface area (Å²) in [4.78, 5) is 18.3. The lowest BCUT2D eigenvalue weighted by molar-refractivity contribution is 0.182. The molecule has 2 saturated heterocycles. The molecule has 2 aliphatic heterocycles. The van der Waals surface area contributed by atoms with E-state index in [2.05, 4.69) is 11.9 Å². The molecule has 0 aromatic rings. The van der Waals surface area contributed by atoms with Crippen LogP contribution in [0, 0.1) is 5.92 Å². The highest BCUT2D eigenvalue weighted by Gasteiger charge is 2.42. The third kappa shape index (κ3) is 2.26. The van der Waals surface area contributed by atoms with Gasteiger partial charge in [-0.3, -0.25) is 0 Å². The Morgan fingerprint density at radius 3 is 2.65 bits per heavy atom. The highest BCUT2D eigenvalue weighted by Crippen LogP contribution is 2.28. The molecule has 2 aliphatic rings. The van der Waals surface area contributed by atoms with Gasteiger partial charge in [-0.2, -0.15) is 0 Å². The van der Waals surface area contributed by atoms with Gasteiger partial charge in [-0.25, -0.2) is 4.79 Å². The van der Waals surface area contributed by atoms with Gasteiger partial charge in [-0.1, -0.05) is 0 Å². The van der Waals surface area contributed by atoms with Crippen LogP contribution in [0.5, 0.6) is 0 Å². The minimum absolute atomic E-state index is 0.141. The Morgan fingerprint density at radius 2 is 2.12 bits per heavy atom.